The number of carbonyl (C=O) groups is 4. The van der Waals surface area contributed by atoms with Gasteiger partial charge in [-0.05, 0) is 49.7 Å². The zero-order valence-electron chi connectivity index (χ0n) is 17.9. The van der Waals surface area contributed by atoms with Gasteiger partial charge in [0.05, 0.1) is 5.69 Å². The summed E-state index contributed by atoms with van der Waals surface area (Å²) >= 11 is 1.31. The predicted molar refractivity (Wildman–Crippen MR) is 122 cm³/mol. The summed E-state index contributed by atoms with van der Waals surface area (Å²) < 4.78 is 5.59. The van der Waals surface area contributed by atoms with E-state index in [2.05, 4.69) is 5.32 Å². The van der Waals surface area contributed by atoms with Gasteiger partial charge in [-0.15, -0.1) is 0 Å². The maximum atomic E-state index is 13.2. The molecule has 1 fully saturated rings. The lowest BCUT2D eigenvalue weighted by atomic mass is 10.1. The summed E-state index contributed by atoms with van der Waals surface area (Å²) in [6, 6.07) is 13.9. The molecule has 2 heterocycles. The van der Waals surface area contributed by atoms with Crippen LogP contribution in [0.15, 0.2) is 53.4 Å². The molecule has 2 atom stereocenters. The molecule has 8 heteroatoms. The Kier molecular flexibility index (Phi) is 6.06. The highest BCUT2D eigenvalue weighted by Crippen LogP contribution is 2.56. The Morgan fingerprint density at radius 3 is 2.59 bits per heavy atom. The fourth-order valence-corrected chi connectivity index (χ4v) is 5.38. The molecule has 2 aliphatic heterocycles. The van der Waals surface area contributed by atoms with Crippen LogP contribution in [0.2, 0.25) is 0 Å². The van der Waals surface area contributed by atoms with Crippen molar-refractivity contribution < 1.29 is 23.9 Å². The highest BCUT2D eigenvalue weighted by Gasteiger charge is 2.58. The molecule has 0 aromatic heterocycles. The number of amides is 2. The fraction of sp³-hybridized carbons (Fsp3) is 0.333. The number of thioether (sulfide) groups is 1. The maximum Gasteiger partial charge on any atom is 0.344 e. The number of nitrogens with zero attached hydrogens (tertiary/aromatic N) is 1. The normalized spacial score (nSPS) is 19.8. The van der Waals surface area contributed by atoms with E-state index in [1.807, 2.05) is 31.2 Å². The molecule has 2 aromatic rings. The summed E-state index contributed by atoms with van der Waals surface area (Å²) in [4.78, 5) is 51.5. The number of esters is 1. The minimum absolute atomic E-state index is 0.0844. The number of nitrogens with one attached hydrogen (secondary N) is 1. The number of carbonyl (C=O) groups excluding carboxylic acids is 4. The Balaban J connectivity index is 1.45. The van der Waals surface area contributed by atoms with Crippen LogP contribution in [0.25, 0.3) is 0 Å². The van der Waals surface area contributed by atoms with Crippen LogP contribution in [0, 0.1) is 0 Å². The molecule has 2 amide bonds. The van der Waals surface area contributed by atoms with Crippen molar-refractivity contribution in [2.24, 2.45) is 0 Å². The van der Waals surface area contributed by atoms with E-state index >= 15 is 0 Å². The van der Waals surface area contributed by atoms with E-state index in [4.69, 9.17) is 4.74 Å². The number of fused-ring (bicyclic) bond motifs is 3. The van der Waals surface area contributed by atoms with Crippen molar-refractivity contribution in [2.75, 3.05) is 10.2 Å². The third kappa shape index (κ3) is 3.90. The van der Waals surface area contributed by atoms with Gasteiger partial charge in [0, 0.05) is 35.4 Å². The molecule has 2 aliphatic rings. The Morgan fingerprint density at radius 1 is 1.16 bits per heavy atom. The van der Waals surface area contributed by atoms with Crippen LogP contribution in [0.4, 0.5) is 11.4 Å². The quantitative estimate of drug-likeness (QED) is 0.501. The van der Waals surface area contributed by atoms with Gasteiger partial charge in [-0.2, -0.15) is 0 Å². The van der Waals surface area contributed by atoms with Gasteiger partial charge in [0.2, 0.25) is 17.6 Å². The van der Waals surface area contributed by atoms with Gasteiger partial charge in [-0.3, -0.25) is 19.3 Å². The molecule has 32 heavy (non-hydrogen) atoms. The summed E-state index contributed by atoms with van der Waals surface area (Å²) in [5.41, 5.74) is 1.68. The first-order valence-corrected chi connectivity index (χ1v) is 11.4. The topological polar surface area (TPSA) is 92.8 Å². The minimum Gasteiger partial charge on any atom is -0.452 e. The van der Waals surface area contributed by atoms with E-state index in [1.54, 1.807) is 24.3 Å². The van der Waals surface area contributed by atoms with Crippen molar-refractivity contribution >= 4 is 46.7 Å². The average Bonchev–Trinajstić information content (AvgIpc) is 3.29. The molecular weight excluding hydrogens is 428 g/mol. The van der Waals surface area contributed by atoms with Gasteiger partial charge in [0.25, 0.3) is 0 Å². The first-order chi connectivity index (χ1) is 15.4. The Labute approximate surface area is 190 Å². The molecule has 0 radical (unpaired) electrons. The summed E-state index contributed by atoms with van der Waals surface area (Å²) in [6.07, 6.45) is 0.746. The highest BCUT2D eigenvalue weighted by atomic mass is 32.2. The minimum atomic E-state index is -1.16. The van der Waals surface area contributed by atoms with Gasteiger partial charge in [-0.1, -0.05) is 30.8 Å². The Hall–Kier alpha value is -3.13. The van der Waals surface area contributed by atoms with Crippen LogP contribution >= 0.6 is 11.8 Å². The summed E-state index contributed by atoms with van der Waals surface area (Å²) in [7, 11) is 0. The summed E-state index contributed by atoms with van der Waals surface area (Å²) in [5, 5.41) is 2.77. The van der Waals surface area contributed by atoms with E-state index in [-0.39, 0.29) is 24.0 Å². The molecule has 4 rings (SSSR count). The van der Waals surface area contributed by atoms with Crippen molar-refractivity contribution in [1.82, 2.24) is 0 Å². The smallest absolute Gasteiger partial charge is 0.344 e. The van der Waals surface area contributed by atoms with Gasteiger partial charge in [-0.25, -0.2) is 4.79 Å². The van der Waals surface area contributed by atoms with Crippen molar-refractivity contribution in [3.05, 3.63) is 54.1 Å². The van der Waals surface area contributed by atoms with Crippen LogP contribution in [0.3, 0.4) is 0 Å². The van der Waals surface area contributed by atoms with Crippen molar-refractivity contribution in [3.63, 3.8) is 0 Å². The predicted octanol–water partition coefficient (Wildman–Crippen LogP) is 4.17. The third-order valence-corrected chi connectivity index (χ3v) is 7.03. The molecule has 7 nitrogen and oxygen atoms in total. The third-order valence-electron chi connectivity index (χ3n) is 5.58. The van der Waals surface area contributed by atoms with Crippen LogP contribution in [0.1, 0.15) is 49.9 Å². The summed E-state index contributed by atoms with van der Waals surface area (Å²) in [5.74, 6) is -1.15. The molecule has 1 saturated heterocycles. The van der Waals surface area contributed by atoms with Crippen molar-refractivity contribution in [2.45, 2.75) is 55.4 Å². The Bertz CT molecular complexity index is 1080. The monoisotopic (exact) mass is 452 g/mol. The number of para-hydroxylation sites is 1. The molecule has 1 N–H and O–H groups in total. The summed E-state index contributed by atoms with van der Waals surface area (Å²) in [6.45, 7) is 3.45. The first-order valence-electron chi connectivity index (χ1n) is 10.6. The van der Waals surface area contributed by atoms with Gasteiger partial charge in [0.15, 0.2) is 11.0 Å². The van der Waals surface area contributed by atoms with Crippen LogP contribution in [-0.2, 0) is 19.1 Å². The molecule has 2 aromatic carbocycles. The second-order valence-electron chi connectivity index (χ2n) is 7.87. The standard InChI is InChI=1S/C24H24N2O5S/c1-3-6-20(27)25-17-11-9-16(10-12-17)22(29)15(2)31-23(30)24-14-13-21(28)26(24)18-7-4-5-8-19(18)32-24/h4-5,7-12,15H,3,6,13-14H2,1-2H3,(H,25,27)/t15-,24-/m0/s1. The molecule has 0 saturated carbocycles. The zero-order valence-corrected chi connectivity index (χ0v) is 18.7. The van der Waals surface area contributed by atoms with E-state index in [0.29, 0.717) is 29.8 Å². The van der Waals surface area contributed by atoms with E-state index in [9.17, 15) is 19.2 Å². The van der Waals surface area contributed by atoms with Crippen LogP contribution in [-0.4, -0.2) is 34.5 Å². The molecule has 0 spiro atoms. The number of ether oxygens (including phenoxy) is 1. The number of anilines is 2. The Morgan fingerprint density at radius 2 is 1.88 bits per heavy atom. The average molecular weight is 453 g/mol. The lowest BCUT2D eigenvalue weighted by Gasteiger charge is -2.29. The second-order valence-corrected chi connectivity index (χ2v) is 9.19. The van der Waals surface area contributed by atoms with Gasteiger partial charge < -0.3 is 10.1 Å². The number of benzene rings is 2. The van der Waals surface area contributed by atoms with Crippen molar-refractivity contribution in [3.8, 4) is 0 Å². The van der Waals surface area contributed by atoms with Gasteiger partial charge >= 0.3 is 5.97 Å². The fourth-order valence-electron chi connectivity index (χ4n) is 3.98. The second kappa shape index (κ2) is 8.78. The highest BCUT2D eigenvalue weighted by molar-refractivity contribution is 8.02. The zero-order chi connectivity index (χ0) is 22.9. The maximum absolute atomic E-state index is 13.2. The lowest BCUT2D eigenvalue weighted by Crippen LogP contribution is -2.49. The largest absolute Gasteiger partial charge is 0.452 e. The molecule has 166 valence electrons. The number of Topliss-reactive ketones (excluding diaryl/α,β-unsaturated/α-hetero) is 1. The number of ketones is 1. The van der Waals surface area contributed by atoms with Gasteiger partial charge in [0.1, 0.15) is 0 Å². The van der Waals surface area contributed by atoms with E-state index in [0.717, 1.165) is 11.3 Å². The van der Waals surface area contributed by atoms with E-state index in [1.165, 1.54) is 23.6 Å². The number of hydrogen-bond acceptors (Lipinski definition) is 6. The SMILES string of the molecule is CCCC(=O)Nc1ccc(C(=O)[C@H](C)OC(=O)[C@@]23CCC(=O)N2c2ccccc2S3)cc1. The lowest BCUT2D eigenvalue weighted by molar-refractivity contribution is -0.149. The first kappa shape index (κ1) is 22.1. The molecule has 0 aliphatic carbocycles. The number of hydrogen-bond donors (Lipinski definition) is 1. The van der Waals surface area contributed by atoms with Crippen LogP contribution < -0.4 is 10.2 Å². The molecular formula is C24H24N2O5S. The van der Waals surface area contributed by atoms with E-state index < -0.39 is 16.9 Å². The van der Waals surface area contributed by atoms with Crippen LogP contribution in [0.5, 0.6) is 0 Å². The van der Waals surface area contributed by atoms with Crippen molar-refractivity contribution in [1.29, 1.82) is 0 Å². The molecule has 0 unspecified atom stereocenters. The molecule has 0 bridgehead atoms. The number of rotatable bonds is 7.